The second-order valence-corrected chi connectivity index (χ2v) is 3.63. The molecule has 1 rings (SSSR count). The van der Waals surface area contributed by atoms with E-state index in [1.807, 2.05) is 11.8 Å². The molecular formula is C8H14S. The molecule has 0 aromatic rings. The van der Waals surface area contributed by atoms with E-state index in [2.05, 4.69) is 13.0 Å². The molecule has 1 aliphatic rings. The van der Waals surface area contributed by atoms with Crippen molar-refractivity contribution in [2.24, 2.45) is 0 Å². The van der Waals surface area contributed by atoms with Crippen LogP contribution >= 0.6 is 11.8 Å². The molecule has 0 aromatic heterocycles. The molecule has 0 spiro atoms. The fraction of sp³-hybridized carbons (Fsp3) is 0.750. The predicted molar refractivity (Wildman–Crippen MR) is 44.7 cm³/mol. The van der Waals surface area contributed by atoms with Crippen molar-refractivity contribution in [3.8, 4) is 0 Å². The Balaban J connectivity index is 2.28. The first-order chi connectivity index (χ1) is 4.43. The predicted octanol–water partition coefficient (Wildman–Crippen LogP) is 3.20. The van der Waals surface area contributed by atoms with E-state index in [4.69, 9.17) is 0 Å². The summed E-state index contributed by atoms with van der Waals surface area (Å²) in [6.45, 7) is 2.25. The minimum absolute atomic E-state index is 1.30. The van der Waals surface area contributed by atoms with E-state index < -0.39 is 0 Å². The van der Waals surface area contributed by atoms with Gasteiger partial charge in [0.15, 0.2) is 0 Å². The van der Waals surface area contributed by atoms with Crippen molar-refractivity contribution in [2.75, 3.05) is 5.75 Å². The summed E-state index contributed by atoms with van der Waals surface area (Å²) in [6.07, 6.45) is 7.72. The molecule has 0 N–H and O–H groups in total. The maximum Gasteiger partial charge on any atom is -0.00204 e. The fourth-order valence-electron chi connectivity index (χ4n) is 1.03. The lowest BCUT2D eigenvalue weighted by Crippen LogP contribution is -1.88. The van der Waals surface area contributed by atoms with E-state index in [1.165, 1.54) is 31.4 Å². The van der Waals surface area contributed by atoms with Gasteiger partial charge in [0, 0.05) is 0 Å². The molecule has 0 amide bonds. The van der Waals surface area contributed by atoms with Gasteiger partial charge in [-0.15, -0.1) is 11.8 Å². The fourth-order valence-corrected chi connectivity index (χ4v) is 2.19. The minimum Gasteiger partial charge on any atom is -0.131 e. The summed E-state index contributed by atoms with van der Waals surface area (Å²) in [4.78, 5) is 1.63. The molecule has 1 heteroatoms. The topological polar surface area (TPSA) is 0 Å². The van der Waals surface area contributed by atoms with Crippen molar-refractivity contribution in [2.45, 2.75) is 32.6 Å². The molecule has 0 fully saturated rings. The Morgan fingerprint density at radius 2 is 2.56 bits per heavy atom. The molecular weight excluding hydrogens is 128 g/mol. The molecule has 9 heavy (non-hydrogen) atoms. The van der Waals surface area contributed by atoms with Crippen LogP contribution in [0.3, 0.4) is 0 Å². The lowest BCUT2D eigenvalue weighted by molar-refractivity contribution is 0.900. The zero-order valence-electron chi connectivity index (χ0n) is 6.02. The van der Waals surface area contributed by atoms with Gasteiger partial charge in [-0.3, -0.25) is 0 Å². The van der Waals surface area contributed by atoms with E-state index >= 15 is 0 Å². The van der Waals surface area contributed by atoms with Crippen LogP contribution in [0.5, 0.6) is 0 Å². The summed E-state index contributed by atoms with van der Waals surface area (Å²) in [6, 6.07) is 0. The van der Waals surface area contributed by atoms with E-state index in [9.17, 15) is 0 Å². The SMILES string of the molecule is CCCC1=CCCCS1. The van der Waals surface area contributed by atoms with Gasteiger partial charge in [0.1, 0.15) is 0 Å². The van der Waals surface area contributed by atoms with Crippen molar-refractivity contribution in [1.29, 1.82) is 0 Å². The second kappa shape index (κ2) is 3.99. The first-order valence-corrected chi connectivity index (χ1v) is 4.74. The Hall–Kier alpha value is 0.0900. The summed E-state index contributed by atoms with van der Waals surface area (Å²) in [5, 5.41) is 0. The van der Waals surface area contributed by atoms with Crippen molar-refractivity contribution in [1.82, 2.24) is 0 Å². The smallest absolute Gasteiger partial charge is 0.00204 e. The van der Waals surface area contributed by atoms with Crippen LogP contribution in [0.4, 0.5) is 0 Å². The largest absolute Gasteiger partial charge is 0.131 e. The van der Waals surface area contributed by atoms with E-state index in [0.29, 0.717) is 0 Å². The van der Waals surface area contributed by atoms with Crippen LogP contribution < -0.4 is 0 Å². The molecule has 0 bridgehead atoms. The van der Waals surface area contributed by atoms with Gasteiger partial charge in [-0.1, -0.05) is 19.4 Å². The Labute approximate surface area is 61.7 Å². The zero-order chi connectivity index (χ0) is 6.53. The second-order valence-electron chi connectivity index (χ2n) is 2.41. The summed E-state index contributed by atoms with van der Waals surface area (Å²) in [5.41, 5.74) is 0. The van der Waals surface area contributed by atoms with Crippen molar-refractivity contribution >= 4 is 11.8 Å². The molecule has 1 heterocycles. The van der Waals surface area contributed by atoms with Crippen LogP contribution in [0.15, 0.2) is 11.0 Å². The number of hydrogen-bond donors (Lipinski definition) is 0. The number of thioether (sulfide) groups is 1. The molecule has 0 unspecified atom stereocenters. The van der Waals surface area contributed by atoms with E-state index in [0.717, 1.165) is 0 Å². The molecule has 52 valence electrons. The minimum atomic E-state index is 1.30. The van der Waals surface area contributed by atoms with Gasteiger partial charge in [-0.25, -0.2) is 0 Å². The number of hydrogen-bond acceptors (Lipinski definition) is 1. The quantitative estimate of drug-likeness (QED) is 0.570. The maximum atomic E-state index is 2.40. The maximum absolute atomic E-state index is 2.40. The van der Waals surface area contributed by atoms with Crippen LogP contribution in [-0.2, 0) is 0 Å². The average molecular weight is 142 g/mol. The van der Waals surface area contributed by atoms with Gasteiger partial charge < -0.3 is 0 Å². The first kappa shape index (κ1) is 7.20. The zero-order valence-corrected chi connectivity index (χ0v) is 6.84. The molecule has 0 atom stereocenters. The Morgan fingerprint density at radius 3 is 3.11 bits per heavy atom. The third-order valence-corrected chi connectivity index (χ3v) is 2.74. The van der Waals surface area contributed by atoms with Crippen LogP contribution in [0.2, 0.25) is 0 Å². The van der Waals surface area contributed by atoms with E-state index in [1.54, 1.807) is 4.91 Å². The third-order valence-electron chi connectivity index (χ3n) is 1.50. The van der Waals surface area contributed by atoms with Gasteiger partial charge in [-0.05, 0) is 29.9 Å². The Bertz CT molecular complexity index is 105. The lowest BCUT2D eigenvalue weighted by Gasteiger charge is -2.09. The highest BCUT2D eigenvalue weighted by Gasteiger charge is 2.01. The van der Waals surface area contributed by atoms with Crippen LogP contribution in [0, 0.1) is 0 Å². The number of allylic oxidation sites excluding steroid dienone is 2. The van der Waals surface area contributed by atoms with Crippen molar-refractivity contribution in [3.63, 3.8) is 0 Å². The van der Waals surface area contributed by atoms with Crippen molar-refractivity contribution in [3.05, 3.63) is 11.0 Å². The number of rotatable bonds is 2. The Kier molecular flexibility index (Phi) is 3.20. The highest BCUT2D eigenvalue weighted by Crippen LogP contribution is 2.26. The molecule has 0 saturated heterocycles. The van der Waals surface area contributed by atoms with Crippen LogP contribution in [0.25, 0.3) is 0 Å². The van der Waals surface area contributed by atoms with Gasteiger partial charge in [-0.2, -0.15) is 0 Å². The molecule has 0 aliphatic carbocycles. The summed E-state index contributed by atoms with van der Waals surface area (Å²) in [7, 11) is 0. The monoisotopic (exact) mass is 142 g/mol. The lowest BCUT2D eigenvalue weighted by atomic mass is 10.2. The normalized spacial score (nSPS) is 19.4. The van der Waals surface area contributed by atoms with Gasteiger partial charge in [0.05, 0.1) is 0 Å². The summed E-state index contributed by atoms with van der Waals surface area (Å²) < 4.78 is 0. The average Bonchev–Trinajstić information content (AvgIpc) is 1.91. The summed E-state index contributed by atoms with van der Waals surface area (Å²) in [5.74, 6) is 1.35. The molecule has 0 saturated carbocycles. The first-order valence-electron chi connectivity index (χ1n) is 3.75. The standard InChI is InChI=1S/C8H14S/c1-2-5-8-6-3-4-7-9-8/h6H,2-5,7H2,1H3. The van der Waals surface area contributed by atoms with Crippen LogP contribution in [-0.4, -0.2) is 5.75 Å². The molecule has 0 nitrogen and oxygen atoms in total. The molecule has 1 aliphatic heterocycles. The van der Waals surface area contributed by atoms with Gasteiger partial charge in [0.2, 0.25) is 0 Å². The van der Waals surface area contributed by atoms with Crippen LogP contribution in [0.1, 0.15) is 32.6 Å². The van der Waals surface area contributed by atoms with E-state index in [-0.39, 0.29) is 0 Å². The van der Waals surface area contributed by atoms with Gasteiger partial charge >= 0.3 is 0 Å². The van der Waals surface area contributed by atoms with Gasteiger partial charge in [0.25, 0.3) is 0 Å². The molecule has 0 aromatic carbocycles. The van der Waals surface area contributed by atoms with Crippen molar-refractivity contribution < 1.29 is 0 Å². The highest BCUT2D eigenvalue weighted by atomic mass is 32.2. The third kappa shape index (κ3) is 2.44. The summed E-state index contributed by atoms with van der Waals surface area (Å²) >= 11 is 2.05. The Morgan fingerprint density at radius 1 is 1.67 bits per heavy atom. The highest BCUT2D eigenvalue weighted by molar-refractivity contribution is 8.03. The molecule has 0 radical (unpaired) electrons.